The Hall–Kier alpha value is -1.62. The fraction of sp³-hybridized carbons (Fsp3) is 0.533. The first-order chi connectivity index (χ1) is 9.40. The molecule has 0 spiro atoms. The van der Waals surface area contributed by atoms with Gasteiger partial charge in [-0.25, -0.2) is 4.39 Å². The van der Waals surface area contributed by atoms with Crippen LogP contribution in [0.1, 0.15) is 37.0 Å². The third kappa shape index (κ3) is 3.28. The van der Waals surface area contributed by atoms with Crippen LogP contribution in [0.4, 0.5) is 10.1 Å². The largest absolute Gasteiger partial charge is 0.396 e. The minimum absolute atomic E-state index is 0.00155. The van der Waals surface area contributed by atoms with Crippen molar-refractivity contribution in [1.29, 1.82) is 0 Å². The molecule has 1 heterocycles. The Morgan fingerprint density at radius 3 is 2.85 bits per heavy atom. The minimum atomic E-state index is -0.500. The van der Waals surface area contributed by atoms with Crippen molar-refractivity contribution in [2.45, 2.75) is 32.2 Å². The standard InChI is InChI=1S/C15H22FN3O/c1-15(2)6-3-8-19(15)9-7-18-14(20)11-4-5-12(16)13(17)10-11/h4-5,10H,3,6-9,17H2,1-2H3,(H,18,20). The molecule has 0 saturated carbocycles. The highest BCUT2D eigenvalue weighted by molar-refractivity contribution is 5.95. The van der Waals surface area contributed by atoms with Crippen molar-refractivity contribution in [3.8, 4) is 0 Å². The number of rotatable bonds is 4. The zero-order chi connectivity index (χ0) is 14.8. The molecule has 1 aliphatic rings. The third-order valence-corrected chi connectivity index (χ3v) is 4.00. The lowest BCUT2D eigenvalue weighted by atomic mass is 10.0. The lowest BCUT2D eigenvalue weighted by Crippen LogP contribution is -2.43. The maximum absolute atomic E-state index is 13.0. The van der Waals surface area contributed by atoms with E-state index in [1.165, 1.54) is 31.0 Å². The van der Waals surface area contributed by atoms with Crippen LogP contribution in [0.25, 0.3) is 0 Å². The number of carbonyl (C=O) groups excluding carboxylic acids is 1. The molecule has 0 radical (unpaired) electrons. The Bertz CT molecular complexity index is 502. The zero-order valence-corrected chi connectivity index (χ0v) is 12.1. The van der Waals surface area contributed by atoms with E-state index in [2.05, 4.69) is 24.1 Å². The average Bonchev–Trinajstić information content (AvgIpc) is 2.72. The smallest absolute Gasteiger partial charge is 0.251 e. The number of nitrogens with zero attached hydrogens (tertiary/aromatic N) is 1. The lowest BCUT2D eigenvalue weighted by molar-refractivity contribution is 0.0940. The summed E-state index contributed by atoms with van der Waals surface area (Å²) in [6, 6.07) is 4.03. The van der Waals surface area contributed by atoms with Gasteiger partial charge in [-0.05, 0) is 51.4 Å². The number of hydrogen-bond donors (Lipinski definition) is 2. The quantitative estimate of drug-likeness (QED) is 0.829. The molecule has 3 N–H and O–H groups in total. The van der Waals surface area contributed by atoms with Gasteiger partial charge in [0.1, 0.15) is 5.82 Å². The van der Waals surface area contributed by atoms with E-state index in [4.69, 9.17) is 5.73 Å². The van der Waals surface area contributed by atoms with Crippen molar-refractivity contribution < 1.29 is 9.18 Å². The number of nitrogens with two attached hydrogens (primary N) is 1. The molecule has 1 amide bonds. The van der Waals surface area contributed by atoms with E-state index < -0.39 is 5.82 Å². The molecule has 1 aromatic rings. The highest BCUT2D eigenvalue weighted by atomic mass is 19.1. The van der Waals surface area contributed by atoms with E-state index in [1.54, 1.807) is 0 Å². The fourth-order valence-corrected chi connectivity index (χ4v) is 2.67. The van der Waals surface area contributed by atoms with Crippen molar-refractivity contribution >= 4 is 11.6 Å². The van der Waals surface area contributed by atoms with Crippen LogP contribution < -0.4 is 11.1 Å². The first kappa shape index (κ1) is 14.8. The Morgan fingerprint density at radius 1 is 1.50 bits per heavy atom. The second-order valence-electron chi connectivity index (χ2n) is 5.90. The van der Waals surface area contributed by atoms with E-state index >= 15 is 0 Å². The molecule has 1 saturated heterocycles. The van der Waals surface area contributed by atoms with Crippen molar-refractivity contribution in [2.24, 2.45) is 0 Å². The van der Waals surface area contributed by atoms with E-state index in [0.29, 0.717) is 12.1 Å². The van der Waals surface area contributed by atoms with Crippen LogP contribution in [-0.4, -0.2) is 36.0 Å². The summed E-state index contributed by atoms with van der Waals surface area (Å²) in [6.07, 6.45) is 2.39. The molecule has 0 unspecified atom stereocenters. The number of nitrogen functional groups attached to an aromatic ring is 1. The zero-order valence-electron chi connectivity index (χ0n) is 12.1. The maximum Gasteiger partial charge on any atom is 0.251 e. The normalized spacial score (nSPS) is 18.1. The summed E-state index contributed by atoms with van der Waals surface area (Å²) in [6.45, 7) is 6.94. The Morgan fingerprint density at radius 2 is 2.25 bits per heavy atom. The first-order valence-corrected chi connectivity index (χ1v) is 6.98. The molecular weight excluding hydrogens is 257 g/mol. The molecule has 4 nitrogen and oxygen atoms in total. The van der Waals surface area contributed by atoms with Crippen molar-refractivity contribution in [3.05, 3.63) is 29.6 Å². The third-order valence-electron chi connectivity index (χ3n) is 4.00. The number of anilines is 1. The minimum Gasteiger partial charge on any atom is -0.396 e. The summed E-state index contributed by atoms with van der Waals surface area (Å²) >= 11 is 0. The van der Waals surface area contributed by atoms with Gasteiger partial charge in [-0.1, -0.05) is 0 Å². The van der Waals surface area contributed by atoms with Crippen LogP contribution >= 0.6 is 0 Å². The Labute approximate surface area is 119 Å². The van der Waals surface area contributed by atoms with Crippen LogP contribution in [0.2, 0.25) is 0 Å². The number of likely N-dealkylation sites (tertiary alicyclic amines) is 1. The van der Waals surface area contributed by atoms with Gasteiger partial charge in [0.25, 0.3) is 5.91 Å². The first-order valence-electron chi connectivity index (χ1n) is 6.98. The van der Waals surface area contributed by atoms with E-state index in [9.17, 15) is 9.18 Å². The van der Waals surface area contributed by atoms with Gasteiger partial charge in [-0.15, -0.1) is 0 Å². The van der Waals surface area contributed by atoms with Crippen LogP contribution in [0.15, 0.2) is 18.2 Å². The van der Waals surface area contributed by atoms with Crippen LogP contribution in [-0.2, 0) is 0 Å². The summed E-state index contributed by atoms with van der Waals surface area (Å²) in [7, 11) is 0. The highest BCUT2D eigenvalue weighted by Crippen LogP contribution is 2.27. The van der Waals surface area contributed by atoms with Crippen molar-refractivity contribution in [2.75, 3.05) is 25.4 Å². The molecule has 1 fully saturated rings. The van der Waals surface area contributed by atoms with Crippen LogP contribution in [0.3, 0.4) is 0 Å². The monoisotopic (exact) mass is 279 g/mol. The number of halogens is 1. The lowest BCUT2D eigenvalue weighted by Gasteiger charge is -2.31. The SMILES string of the molecule is CC1(C)CCCN1CCNC(=O)c1ccc(F)c(N)c1. The summed E-state index contributed by atoms with van der Waals surface area (Å²) in [5.41, 5.74) is 6.06. The summed E-state index contributed by atoms with van der Waals surface area (Å²) < 4.78 is 13.0. The van der Waals surface area contributed by atoms with Gasteiger partial charge in [-0.2, -0.15) is 0 Å². The molecule has 2 rings (SSSR count). The number of hydrogen-bond acceptors (Lipinski definition) is 3. The molecule has 0 aromatic heterocycles. The van der Waals surface area contributed by atoms with Gasteiger partial charge in [-0.3, -0.25) is 9.69 Å². The number of amides is 1. The molecule has 1 aliphatic heterocycles. The molecule has 0 atom stereocenters. The second kappa shape index (κ2) is 5.79. The second-order valence-corrected chi connectivity index (χ2v) is 5.90. The topological polar surface area (TPSA) is 58.4 Å². The van der Waals surface area contributed by atoms with E-state index in [0.717, 1.165) is 13.1 Å². The van der Waals surface area contributed by atoms with Gasteiger partial charge in [0.15, 0.2) is 0 Å². The number of carbonyl (C=O) groups is 1. The molecule has 20 heavy (non-hydrogen) atoms. The molecule has 1 aromatic carbocycles. The van der Waals surface area contributed by atoms with E-state index in [1.807, 2.05) is 0 Å². The molecule has 0 aliphatic carbocycles. The number of nitrogens with one attached hydrogen (secondary N) is 1. The average molecular weight is 279 g/mol. The van der Waals surface area contributed by atoms with Gasteiger partial charge in [0.2, 0.25) is 0 Å². The summed E-state index contributed by atoms with van der Waals surface area (Å²) in [5, 5.41) is 2.85. The predicted octanol–water partition coefficient (Wildman–Crippen LogP) is 2.01. The Kier molecular flexibility index (Phi) is 4.28. The van der Waals surface area contributed by atoms with Crippen LogP contribution in [0, 0.1) is 5.82 Å². The van der Waals surface area contributed by atoms with Crippen molar-refractivity contribution in [1.82, 2.24) is 10.2 Å². The fourth-order valence-electron chi connectivity index (χ4n) is 2.67. The summed E-state index contributed by atoms with van der Waals surface area (Å²) in [4.78, 5) is 14.3. The molecule has 110 valence electrons. The predicted molar refractivity (Wildman–Crippen MR) is 78.0 cm³/mol. The summed E-state index contributed by atoms with van der Waals surface area (Å²) in [5.74, 6) is -0.714. The molecular formula is C15H22FN3O. The molecule has 5 heteroatoms. The molecule has 0 bridgehead atoms. The van der Waals surface area contributed by atoms with Gasteiger partial charge >= 0.3 is 0 Å². The maximum atomic E-state index is 13.0. The van der Waals surface area contributed by atoms with Crippen LogP contribution in [0.5, 0.6) is 0 Å². The van der Waals surface area contributed by atoms with Gasteiger partial charge in [0.05, 0.1) is 5.69 Å². The van der Waals surface area contributed by atoms with E-state index in [-0.39, 0.29) is 17.1 Å². The van der Waals surface area contributed by atoms with Gasteiger partial charge in [0, 0.05) is 24.2 Å². The number of benzene rings is 1. The van der Waals surface area contributed by atoms with Gasteiger partial charge < -0.3 is 11.1 Å². The highest BCUT2D eigenvalue weighted by Gasteiger charge is 2.31. The Balaban J connectivity index is 1.85. The van der Waals surface area contributed by atoms with Crippen molar-refractivity contribution in [3.63, 3.8) is 0 Å².